The van der Waals surface area contributed by atoms with Gasteiger partial charge in [-0.25, -0.2) is 0 Å². The fourth-order valence-corrected chi connectivity index (χ4v) is 4.21. The van der Waals surface area contributed by atoms with Gasteiger partial charge in [-0.15, -0.1) is 0 Å². The Balaban J connectivity index is 3.22. The highest BCUT2D eigenvalue weighted by Crippen LogP contribution is 2.45. The van der Waals surface area contributed by atoms with E-state index in [-0.39, 0.29) is 22.8 Å². The van der Waals surface area contributed by atoms with Crippen LogP contribution in [0.4, 0.5) is 0 Å². The van der Waals surface area contributed by atoms with Crippen LogP contribution in [0.25, 0.3) is 0 Å². The van der Waals surface area contributed by atoms with Gasteiger partial charge in [0.25, 0.3) is 0 Å². The van der Waals surface area contributed by atoms with Gasteiger partial charge in [-0.05, 0) is 55.8 Å². The van der Waals surface area contributed by atoms with E-state index in [1.54, 1.807) is 0 Å². The first-order valence-corrected chi connectivity index (χ1v) is 11.8. The Labute approximate surface area is 149 Å². The molecule has 0 aromatic rings. The Morgan fingerprint density at radius 3 is 2.29 bits per heavy atom. The zero-order valence-electron chi connectivity index (χ0n) is 17.1. The molecule has 4 heteroatoms. The van der Waals surface area contributed by atoms with Gasteiger partial charge >= 0.3 is 5.97 Å². The summed E-state index contributed by atoms with van der Waals surface area (Å²) in [5.74, 6) is 1.31. The number of carbonyl (C=O) groups is 1. The van der Waals surface area contributed by atoms with Crippen molar-refractivity contribution in [1.29, 1.82) is 0 Å². The topological polar surface area (TPSA) is 35.5 Å². The van der Waals surface area contributed by atoms with Gasteiger partial charge in [-0.1, -0.05) is 39.8 Å². The van der Waals surface area contributed by atoms with Crippen LogP contribution >= 0.6 is 0 Å². The summed E-state index contributed by atoms with van der Waals surface area (Å²) in [6.45, 7) is 21.6. The van der Waals surface area contributed by atoms with Gasteiger partial charge < -0.3 is 9.16 Å². The molecule has 3 nitrogen and oxygen atoms in total. The van der Waals surface area contributed by atoms with E-state index >= 15 is 0 Å². The molecule has 0 aliphatic heterocycles. The second kappa shape index (κ2) is 7.47. The highest BCUT2D eigenvalue weighted by Gasteiger charge is 2.42. The number of methoxy groups -OCH3 is 1. The van der Waals surface area contributed by atoms with E-state index in [1.165, 1.54) is 18.3 Å². The predicted molar refractivity (Wildman–Crippen MR) is 103 cm³/mol. The van der Waals surface area contributed by atoms with Crippen LogP contribution in [-0.4, -0.2) is 21.4 Å². The Kier molecular flexibility index (Phi) is 6.54. The normalized spacial score (nSPS) is 23.7. The summed E-state index contributed by atoms with van der Waals surface area (Å²) in [4.78, 5) is 12.1. The molecule has 0 spiro atoms. The molecule has 0 radical (unpaired) electrons. The molecule has 0 N–H and O–H groups in total. The lowest BCUT2D eigenvalue weighted by molar-refractivity contribution is -0.146. The summed E-state index contributed by atoms with van der Waals surface area (Å²) in [7, 11) is -0.440. The minimum Gasteiger partial charge on any atom is -0.547 e. The molecule has 0 heterocycles. The van der Waals surface area contributed by atoms with E-state index in [1.807, 2.05) is 6.92 Å². The molecule has 0 fully saturated rings. The first-order valence-electron chi connectivity index (χ1n) is 8.93. The van der Waals surface area contributed by atoms with Crippen molar-refractivity contribution in [3.8, 4) is 0 Å². The third-order valence-corrected chi connectivity index (χ3v) is 10.4. The molecule has 24 heavy (non-hydrogen) atoms. The summed E-state index contributed by atoms with van der Waals surface area (Å²) >= 11 is 0. The maximum absolute atomic E-state index is 12.1. The molecule has 138 valence electrons. The van der Waals surface area contributed by atoms with Crippen LogP contribution in [0.15, 0.2) is 23.5 Å². The fraction of sp³-hybridized carbons (Fsp3) is 0.750. The van der Waals surface area contributed by atoms with Crippen LogP contribution in [0, 0.1) is 17.8 Å². The average molecular weight is 353 g/mol. The fourth-order valence-electron chi connectivity index (χ4n) is 3.05. The van der Waals surface area contributed by atoms with Crippen LogP contribution in [0.5, 0.6) is 0 Å². The number of hydrogen-bond donors (Lipinski definition) is 0. The number of allylic oxidation sites excluding steroid dienone is 3. The third kappa shape index (κ3) is 4.53. The van der Waals surface area contributed by atoms with E-state index in [0.717, 1.165) is 18.6 Å². The van der Waals surface area contributed by atoms with E-state index in [2.05, 4.69) is 54.3 Å². The average Bonchev–Trinajstić information content (AvgIpc) is 2.46. The van der Waals surface area contributed by atoms with Crippen molar-refractivity contribution in [1.82, 2.24) is 0 Å². The van der Waals surface area contributed by atoms with Crippen molar-refractivity contribution in [2.45, 2.75) is 72.5 Å². The standard InChI is InChI=1S/C20H36O3Si/c1-13(2)16-11-17(15(4)19(21)22-8)14(3)18(12-16)23-24(9,10)20(5,6)7/h15-17H,1,11-12H2,2-10H3/t15-,16+,17-/m0/s1. The SMILES string of the molecule is C=C(C)[C@H]1CC(O[Si](C)(C)C(C)(C)C)=C(C)[C@@H]([C@H](C)C(=O)OC)C1. The second-order valence-corrected chi connectivity index (χ2v) is 13.6. The maximum atomic E-state index is 12.1. The Bertz CT molecular complexity index is 525. The number of ether oxygens (including phenoxy) is 1. The van der Waals surface area contributed by atoms with E-state index in [9.17, 15) is 4.79 Å². The highest BCUT2D eigenvalue weighted by atomic mass is 28.4. The van der Waals surface area contributed by atoms with Gasteiger partial charge in [-0.3, -0.25) is 4.79 Å². The summed E-state index contributed by atoms with van der Waals surface area (Å²) in [5, 5.41) is 0.153. The van der Waals surface area contributed by atoms with Crippen LogP contribution in [0.1, 0.15) is 54.4 Å². The molecule has 0 bridgehead atoms. The molecule has 0 saturated heterocycles. The van der Waals surface area contributed by atoms with E-state index in [4.69, 9.17) is 9.16 Å². The predicted octanol–water partition coefficient (Wildman–Crippen LogP) is 5.69. The molecule has 0 aromatic carbocycles. The molecule has 1 aliphatic carbocycles. The lowest BCUT2D eigenvalue weighted by Crippen LogP contribution is -2.42. The van der Waals surface area contributed by atoms with Crippen molar-refractivity contribution >= 4 is 14.3 Å². The third-order valence-electron chi connectivity index (χ3n) is 6.02. The molecule has 1 rings (SSSR count). The van der Waals surface area contributed by atoms with Crippen LogP contribution in [0.2, 0.25) is 18.1 Å². The van der Waals surface area contributed by atoms with Gasteiger partial charge in [0.15, 0.2) is 0 Å². The zero-order valence-corrected chi connectivity index (χ0v) is 18.1. The summed E-state index contributed by atoms with van der Waals surface area (Å²) < 4.78 is 11.6. The van der Waals surface area contributed by atoms with E-state index in [0.29, 0.717) is 5.92 Å². The first-order chi connectivity index (χ1) is 10.8. The lowest BCUT2D eigenvalue weighted by atomic mass is 9.73. The summed E-state index contributed by atoms with van der Waals surface area (Å²) in [6, 6.07) is 0. The summed E-state index contributed by atoms with van der Waals surface area (Å²) in [6.07, 6.45) is 1.85. The number of rotatable bonds is 5. The van der Waals surface area contributed by atoms with Gasteiger partial charge in [0, 0.05) is 6.42 Å². The van der Waals surface area contributed by atoms with Crippen molar-refractivity contribution in [2.24, 2.45) is 17.8 Å². The maximum Gasteiger partial charge on any atom is 0.308 e. The molecular weight excluding hydrogens is 316 g/mol. The second-order valence-electron chi connectivity index (χ2n) is 8.87. The molecule has 3 atom stereocenters. The minimum absolute atomic E-state index is 0.145. The molecule has 0 amide bonds. The highest BCUT2D eigenvalue weighted by molar-refractivity contribution is 6.74. The van der Waals surface area contributed by atoms with Gasteiger partial charge in [0.1, 0.15) is 0 Å². The Morgan fingerprint density at radius 2 is 1.88 bits per heavy atom. The van der Waals surface area contributed by atoms with Crippen LogP contribution < -0.4 is 0 Å². The van der Waals surface area contributed by atoms with Gasteiger partial charge in [0.2, 0.25) is 8.32 Å². The molecule has 0 saturated carbocycles. The Morgan fingerprint density at radius 1 is 1.33 bits per heavy atom. The van der Waals surface area contributed by atoms with Gasteiger partial charge in [0.05, 0.1) is 18.8 Å². The molecule has 1 aliphatic rings. The van der Waals surface area contributed by atoms with Crippen molar-refractivity contribution < 1.29 is 14.0 Å². The number of hydrogen-bond acceptors (Lipinski definition) is 3. The molecule has 0 unspecified atom stereocenters. The van der Waals surface area contributed by atoms with Crippen LogP contribution in [-0.2, 0) is 14.0 Å². The molecule has 0 aromatic heterocycles. The number of esters is 1. The van der Waals surface area contributed by atoms with E-state index < -0.39 is 8.32 Å². The largest absolute Gasteiger partial charge is 0.547 e. The van der Waals surface area contributed by atoms with Crippen molar-refractivity contribution in [2.75, 3.05) is 7.11 Å². The van der Waals surface area contributed by atoms with Crippen molar-refractivity contribution in [3.63, 3.8) is 0 Å². The van der Waals surface area contributed by atoms with Crippen LogP contribution in [0.3, 0.4) is 0 Å². The monoisotopic (exact) mass is 352 g/mol. The smallest absolute Gasteiger partial charge is 0.308 e. The zero-order chi connectivity index (χ0) is 18.9. The Hall–Kier alpha value is -1.03. The van der Waals surface area contributed by atoms with Crippen molar-refractivity contribution in [3.05, 3.63) is 23.5 Å². The molecular formula is C20H36O3Si. The first kappa shape index (κ1) is 21.0. The number of carbonyl (C=O) groups excluding carboxylic acids is 1. The van der Waals surface area contributed by atoms with Gasteiger partial charge in [-0.2, -0.15) is 0 Å². The lowest BCUT2D eigenvalue weighted by Gasteiger charge is -2.42. The quantitative estimate of drug-likeness (QED) is 0.362. The minimum atomic E-state index is -1.90. The summed E-state index contributed by atoms with van der Waals surface area (Å²) in [5.41, 5.74) is 2.39.